The summed E-state index contributed by atoms with van der Waals surface area (Å²) in [6, 6.07) is 21.9. The molecule has 9 heteroatoms. The Kier molecular flexibility index (Phi) is 7.48. The van der Waals surface area contributed by atoms with Crippen LogP contribution in [0.1, 0.15) is 27.6 Å². The molecule has 3 aromatic rings. The summed E-state index contributed by atoms with van der Waals surface area (Å²) in [6.07, 6.45) is -0.264. The number of nitrogens with one attached hydrogen (secondary N) is 3. The topological polar surface area (TPSA) is 151 Å². The Balaban J connectivity index is 1.73. The van der Waals surface area contributed by atoms with Gasteiger partial charge < -0.3 is 26.0 Å². The molecule has 3 rings (SSSR count). The lowest BCUT2D eigenvalue weighted by Gasteiger charge is -2.20. The number of aliphatic carboxylic acids is 1. The highest BCUT2D eigenvalue weighted by Crippen LogP contribution is 2.32. The fraction of sp³-hybridized carbons (Fsp3) is 0.0870. The summed E-state index contributed by atoms with van der Waals surface area (Å²) in [5.74, 6) is -1.63. The molecule has 0 spiro atoms. The first kappa shape index (κ1) is 22.9. The van der Waals surface area contributed by atoms with Crippen molar-refractivity contribution in [1.29, 1.82) is 5.41 Å². The number of hydrogen-bond donors (Lipinski definition) is 5. The maximum Gasteiger partial charge on any atom is 0.308 e. The maximum atomic E-state index is 13.1. The van der Waals surface area contributed by atoms with Gasteiger partial charge in [-0.3, -0.25) is 15.0 Å². The standard InChI is InChI=1S/C23H22N4O4S/c24-23(25)27-18-8-4-7-16(13-18)22(30)26-17-9-11-19(12-10-17)32(31)20(14-21(28)29)15-5-2-1-3-6-15/h1-13,20H,14H2,(H,26,30)(H,28,29)(H4,24,25,27). The second-order valence-electron chi connectivity index (χ2n) is 6.89. The summed E-state index contributed by atoms with van der Waals surface area (Å²) >= 11 is -1.59. The minimum atomic E-state index is -1.59. The Labute approximate surface area is 188 Å². The molecule has 1 amide bonds. The van der Waals surface area contributed by atoms with E-state index in [2.05, 4.69) is 10.6 Å². The average Bonchev–Trinajstić information content (AvgIpc) is 2.78. The van der Waals surface area contributed by atoms with Gasteiger partial charge in [-0.1, -0.05) is 36.4 Å². The number of benzene rings is 3. The average molecular weight is 451 g/mol. The zero-order chi connectivity index (χ0) is 23.1. The van der Waals surface area contributed by atoms with Gasteiger partial charge >= 0.3 is 5.97 Å². The van der Waals surface area contributed by atoms with Crippen molar-refractivity contribution in [3.05, 3.63) is 90.0 Å². The number of anilines is 2. The number of nitrogens with two attached hydrogens (primary N) is 1. The largest absolute Gasteiger partial charge is 0.611 e. The highest BCUT2D eigenvalue weighted by Gasteiger charge is 2.29. The summed E-state index contributed by atoms with van der Waals surface area (Å²) in [5, 5.41) is 21.2. The van der Waals surface area contributed by atoms with Gasteiger partial charge in [0.05, 0.1) is 6.42 Å². The first-order chi connectivity index (χ1) is 15.3. The van der Waals surface area contributed by atoms with Crippen LogP contribution < -0.4 is 16.4 Å². The number of guanidine groups is 1. The number of hydrogen-bond acceptors (Lipinski definition) is 4. The van der Waals surface area contributed by atoms with E-state index in [1.165, 1.54) is 0 Å². The van der Waals surface area contributed by atoms with Crippen LogP contribution in [-0.4, -0.2) is 27.5 Å². The molecular formula is C23H22N4O4S. The van der Waals surface area contributed by atoms with Gasteiger partial charge in [0, 0.05) is 22.5 Å². The Bertz CT molecular complexity index is 1110. The van der Waals surface area contributed by atoms with Crippen LogP contribution in [-0.2, 0) is 16.0 Å². The molecule has 0 bridgehead atoms. The Morgan fingerprint density at radius 1 is 0.969 bits per heavy atom. The van der Waals surface area contributed by atoms with Crippen LogP contribution in [0.25, 0.3) is 0 Å². The van der Waals surface area contributed by atoms with Crippen LogP contribution >= 0.6 is 0 Å². The first-order valence-corrected chi connectivity index (χ1v) is 10.8. The van der Waals surface area contributed by atoms with Gasteiger partial charge in [0.2, 0.25) is 0 Å². The van der Waals surface area contributed by atoms with Crippen molar-refractivity contribution in [2.24, 2.45) is 5.73 Å². The van der Waals surface area contributed by atoms with Gasteiger partial charge in [-0.05, 0) is 53.6 Å². The van der Waals surface area contributed by atoms with Crippen molar-refractivity contribution < 1.29 is 19.2 Å². The van der Waals surface area contributed by atoms with E-state index in [0.717, 1.165) is 0 Å². The summed E-state index contributed by atoms with van der Waals surface area (Å²) in [5.41, 5.74) is 7.38. The predicted octanol–water partition coefficient (Wildman–Crippen LogP) is 3.57. The van der Waals surface area contributed by atoms with E-state index >= 15 is 0 Å². The summed E-state index contributed by atoms with van der Waals surface area (Å²) < 4.78 is 13.1. The number of rotatable bonds is 8. The van der Waals surface area contributed by atoms with E-state index in [4.69, 9.17) is 11.1 Å². The highest BCUT2D eigenvalue weighted by atomic mass is 32.2. The maximum absolute atomic E-state index is 13.1. The molecule has 6 N–H and O–H groups in total. The lowest BCUT2D eigenvalue weighted by molar-refractivity contribution is -0.137. The third-order valence-corrected chi connectivity index (χ3v) is 6.23. The molecule has 32 heavy (non-hydrogen) atoms. The zero-order valence-corrected chi connectivity index (χ0v) is 17.8. The van der Waals surface area contributed by atoms with E-state index in [1.807, 2.05) is 6.07 Å². The molecule has 8 nitrogen and oxygen atoms in total. The molecule has 0 aliphatic rings. The van der Waals surface area contributed by atoms with Crippen molar-refractivity contribution in [3.8, 4) is 0 Å². The number of carboxylic acids is 1. The Hall–Kier alpha value is -3.82. The van der Waals surface area contributed by atoms with E-state index in [1.54, 1.807) is 72.8 Å². The molecule has 2 atom stereocenters. The monoisotopic (exact) mass is 450 g/mol. The fourth-order valence-electron chi connectivity index (χ4n) is 3.08. The fourth-order valence-corrected chi connectivity index (χ4v) is 4.51. The van der Waals surface area contributed by atoms with Gasteiger partial charge in [0.15, 0.2) is 16.1 Å². The van der Waals surface area contributed by atoms with Crippen LogP contribution in [0, 0.1) is 5.41 Å². The van der Waals surface area contributed by atoms with E-state index < -0.39 is 22.4 Å². The van der Waals surface area contributed by atoms with Gasteiger partial charge in [-0.2, -0.15) is 0 Å². The minimum Gasteiger partial charge on any atom is -0.611 e. The molecular weight excluding hydrogens is 428 g/mol. The second-order valence-corrected chi connectivity index (χ2v) is 8.53. The summed E-state index contributed by atoms with van der Waals surface area (Å²) in [7, 11) is 0. The van der Waals surface area contributed by atoms with Crippen molar-refractivity contribution in [2.45, 2.75) is 16.6 Å². The number of carbonyl (C=O) groups is 2. The van der Waals surface area contributed by atoms with Crippen molar-refractivity contribution in [3.63, 3.8) is 0 Å². The normalized spacial score (nSPS) is 12.4. The number of carbonyl (C=O) groups excluding carboxylic acids is 1. The van der Waals surface area contributed by atoms with Crippen molar-refractivity contribution >= 4 is 40.4 Å². The second kappa shape index (κ2) is 10.5. The molecule has 0 radical (unpaired) electrons. The SMILES string of the molecule is N=C(N)Nc1cccc(C(=O)Nc2ccc([S+]([O-])C(CC(=O)O)c3ccccc3)cc2)c1. The van der Waals surface area contributed by atoms with E-state index in [-0.39, 0.29) is 18.3 Å². The van der Waals surface area contributed by atoms with Gasteiger partial charge in [-0.15, -0.1) is 0 Å². The van der Waals surface area contributed by atoms with Crippen LogP contribution in [0.15, 0.2) is 83.8 Å². The van der Waals surface area contributed by atoms with Crippen LogP contribution in [0.4, 0.5) is 11.4 Å². The first-order valence-electron chi connectivity index (χ1n) is 9.63. The van der Waals surface area contributed by atoms with Gasteiger partial charge in [-0.25, -0.2) is 0 Å². The molecule has 0 aliphatic carbocycles. The quantitative estimate of drug-likeness (QED) is 0.201. The molecule has 0 fully saturated rings. The van der Waals surface area contributed by atoms with Crippen molar-refractivity contribution in [2.75, 3.05) is 10.6 Å². The Morgan fingerprint density at radius 3 is 2.28 bits per heavy atom. The molecule has 0 saturated carbocycles. The lowest BCUT2D eigenvalue weighted by Crippen LogP contribution is -2.21. The highest BCUT2D eigenvalue weighted by molar-refractivity contribution is 7.91. The molecule has 164 valence electrons. The minimum absolute atomic E-state index is 0.233. The van der Waals surface area contributed by atoms with Crippen LogP contribution in [0.3, 0.4) is 0 Å². The van der Waals surface area contributed by atoms with Gasteiger partial charge in [0.25, 0.3) is 5.91 Å². The van der Waals surface area contributed by atoms with Gasteiger partial charge in [0.1, 0.15) is 0 Å². The van der Waals surface area contributed by atoms with Crippen LogP contribution in [0.2, 0.25) is 0 Å². The summed E-state index contributed by atoms with van der Waals surface area (Å²) in [4.78, 5) is 24.3. The molecule has 2 unspecified atom stereocenters. The van der Waals surface area contributed by atoms with Crippen molar-refractivity contribution in [1.82, 2.24) is 0 Å². The lowest BCUT2D eigenvalue weighted by atomic mass is 10.1. The summed E-state index contributed by atoms with van der Waals surface area (Å²) in [6.45, 7) is 0. The number of carboxylic acid groups (broad SMARTS) is 1. The molecule has 0 heterocycles. The third-order valence-electron chi connectivity index (χ3n) is 4.54. The van der Waals surface area contributed by atoms with E-state index in [0.29, 0.717) is 27.4 Å². The molecule has 0 aliphatic heterocycles. The van der Waals surface area contributed by atoms with E-state index in [9.17, 15) is 19.2 Å². The molecule has 0 aromatic heterocycles. The smallest absolute Gasteiger partial charge is 0.308 e. The zero-order valence-electron chi connectivity index (χ0n) is 16.9. The third kappa shape index (κ3) is 6.10. The Morgan fingerprint density at radius 2 is 1.66 bits per heavy atom. The number of amides is 1. The molecule has 0 saturated heterocycles. The molecule has 3 aromatic carbocycles. The van der Waals surface area contributed by atoms with Crippen LogP contribution in [0.5, 0.6) is 0 Å². The predicted molar refractivity (Wildman–Crippen MR) is 124 cm³/mol.